The minimum Gasteiger partial charge on any atom is -0.368 e. The summed E-state index contributed by atoms with van der Waals surface area (Å²) < 4.78 is 0. The number of nitrogens with two attached hydrogens (primary N) is 1. The van der Waals surface area contributed by atoms with Gasteiger partial charge in [-0.15, -0.1) is 0 Å². The fourth-order valence-corrected chi connectivity index (χ4v) is 1.72. The molecule has 1 rings (SSSR count). The number of nitrogen functional groups attached to an aromatic ring is 1. The van der Waals surface area contributed by atoms with Crippen LogP contribution >= 0.6 is 11.8 Å². The van der Waals surface area contributed by atoms with Gasteiger partial charge in [0.15, 0.2) is 0 Å². The quantitative estimate of drug-likeness (QED) is 0.776. The topological polar surface area (TPSA) is 63.8 Å². The van der Waals surface area contributed by atoms with E-state index < -0.39 is 0 Å². The average molecular weight is 212 g/mol. The number of nitrogens with one attached hydrogen (secondary N) is 1. The Hall–Kier alpha value is -0.970. The van der Waals surface area contributed by atoms with Crippen molar-refractivity contribution in [2.75, 3.05) is 22.6 Å². The summed E-state index contributed by atoms with van der Waals surface area (Å²) in [6, 6.07) is 2.22. The summed E-state index contributed by atoms with van der Waals surface area (Å²) in [6.45, 7) is 4.28. The van der Waals surface area contributed by atoms with Crippen LogP contribution in [0, 0.1) is 0 Å². The van der Waals surface area contributed by atoms with Gasteiger partial charge in [-0.25, -0.2) is 4.98 Å². The van der Waals surface area contributed by atoms with Crippen molar-refractivity contribution in [2.45, 2.75) is 19.9 Å². The molecule has 0 aliphatic heterocycles. The second-order valence-corrected chi connectivity index (χ2v) is 4.32. The van der Waals surface area contributed by atoms with Gasteiger partial charge >= 0.3 is 0 Å². The molecule has 0 aliphatic carbocycles. The van der Waals surface area contributed by atoms with Crippen molar-refractivity contribution in [1.29, 1.82) is 0 Å². The van der Waals surface area contributed by atoms with E-state index in [2.05, 4.69) is 29.1 Å². The van der Waals surface area contributed by atoms with Crippen molar-refractivity contribution in [2.24, 2.45) is 0 Å². The molecule has 0 saturated carbocycles. The molecule has 0 aliphatic rings. The van der Waals surface area contributed by atoms with Gasteiger partial charge in [0.2, 0.25) is 5.95 Å². The first-order valence-electron chi connectivity index (χ1n) is 4.65. The number of aromatic nitrogens is 2. The number of hydrogen-bond acceptors (Lipinski definition) is 5. The smallest absolute Gasteiger partial charge is 0.221 e. The maximum absolute atomic E-state index is 5.47. The van der Waals surface area contributed by atoms with E-state index in [9.17, 15) is 0 Å². The van der Waals surface area contributed by atoms with E-state index in [0.29, 0.717) is 12.0 Å². The number of hydrogen-bond donors (Lipinski definition) is 2. The van der Waals surface area contributed by atoms with E-state index in [0.717, 1.165) is 17.3 Å². The van der Waals surface area contributed by atoms with Gasteiger partial charge in [-0.2, -0.15) is 16.7 Å². The number of anilines is 2. The molecule has 1 aromatic heterocycles. The summed E-state index contributed by atoms with van der Waals surface area (Å²) in [5.74, 6) is 3.31. The van der Waals surface area contributed by atoms with Gasteiger partial charge < -0.3 is 11.1 Å². The van der Waals surface area contributed by atoms with E-state index in [1.807, 2.05) is 17.8 Å². The second kappa shape index (κ2) is 5.70. The van der Waals surface area contributed by atoms with Crippen molar-refractivity contribution < 1.29 is 0 Å². The van der Waals surface area contributed by atoms with Gasteiger partial charge in [-0.1, -0.05) is 6.92 Å². The summed E-state index contributed by atoms with van der Waals surface area (Å²) in [6.07, 6.45) is 1.66. The number of rotatable bonds is 5. The van der Waals surface area contributed by atoms with Gasteiger partial charge in [-0.3, -0.25) is 0 Å². The first kappa shape index (κ1) is 11.1. The van der Waals surface area contributed by atoms with Crippen molar-refractivity contribution in [3.05, 3.63) is 12.3 Å². The lowest BCUT2D eigenvalue weighted by molar-refractivity contribution is 0.900. The van der Waals surface area contributed by atoms with Crippen LogP contribution in [-0.2, 0) is 0 Å². The Bertz CT molecular complexity index is 279. The molecule has 0 spiro atoms. The highest BCUT2D eigenvalue weighted by molar-refractivity contribution is 7.99. The predicted octanol–water partition coefficient (Wildman–Crippen LogP) is 1.61. The SMILES string of the molecule is CCSCC(C)Nc1ccnc(N)n1. The lowest BCUT2D eigenvalue weighted by atomic mass is 10.4. The molecule has 0 amide bonds. The highest BCUT2D eigenvalue weighted by Crippen LogP contribution is 2.08. The molecule has 0 bridgehead atoms. The third kappa shape index (κ3) is 3.83. The Morgan fingerprint density at radius 3 is 3.07 bits per heavy atom. The van der Waals surface area contributed by atoms with Crippen LogP contribution in [-0.4, -0.2) is 27.5 Å². The Kier molecular flexibility index (Phi) is 4.52. The van der Waals surface area contributed by atoms with Crippen LogP contribution in [0.1, 0.15) is 13.8 Å². The minimum absolute atomic E-state index is 0.311. The van der Waals surface area contributed by atoms with Gasteiger partial charge in [0, 0.05) is 18.0 Å². The highest BCUT2D eigenvalue weighted by atomic mass is 32.2. The normalized spacial score (nSPS) is 12.4. The Morgan fingerprint density at radius 1 is 1.64 bits per heavy atom. The summed E-state index contributed by atoms with van der Waals surface area (Å²) in [5, 5.41) is 3.27. The Balaban J connectivity index is 2.43. The molecule has 0 saturated heterocycles. The maximum atomic E-state index is 5.47. The zero-order valence-corrected chi connectivity index (χ0v) is 9.34. The molecule has 0 radical (unpaired) electrons. The third-order valence-electron chi connectivity index (χ3n) is 1.64. The van der Waals surface area contributed by atoms with Crippen LogP contribution in [0.2, 0.25) is 0 Å². The summed E-state index contributed by atoms with van der Waals surface area (Å²) in [7, 11) is 0. The van der Waals surface area contributed by atoms with Crippen LogP contribution in [0.4, 0.5) is 11.8 Å². The molecule has 4 nitrogen and oxygen atoms in total. The highest BCUT2D eigenvalue weighted by Gasteiger charge is 2.02. The Labute approximate surface area is 88.7 Å². The number of thioether (sulfide) groups is 1. The maximum Gasteiger partial charge on any atom is 0.221 e. The first-order valence-corrected chi connectivity index (χ1v) is 5.80. The molecule has 0 aromatic carbocycles. The minimum atomic E-state index is 0.311. The average Bonchev–Trinajstić information content (AvgIpc) is 2.15. The fraction of sp³-hybridized carbons (Fsp3) is 0.556. The van der Waals surface area contributed by atoms with Crippen molar-refractivity contribution >= 4 is 23.5 Å². The zero-order valence-electron chi connectivity index (χ0n) is 8.53. The molecule has 1 aromatic rings. The third-order valence-corrected chi connectivity index (χ3v) is 2.78. The van der Waals surface area contributed by atoms with Crippen molar-refractivity contribution in [3.63, 3.8) is 0 Å². The molecule has 78 valence electrons. The van der Waals surface area contributed by atoms with Gasteiger partial charge in [0.1, 0.15) is 5.82 Å². The fourth-order valence-electron chi connectivity index (χ4n) is 1.04. The largest absolute Gasteiger partial charge is 0.368 e. The van der Waals surface area contributed by atoms with Crippen molar-refractivity contribution in [3.8, 4) is 0 Å². The molecule has 1 heterocycles. The second-order valence-electron chi connectivity index (χ2n) is 3.00. The number of nitrogens with zero attached hydrogens (tertiary/aromatic N) is 2. The molecule has 0 fully saturated rings. The van der Waals surface area contributed by atoms with Crippen LogP contribution in [0.5, 0.6) is 0 Å². The lowest BCUT2D eigenvalue weighted by Crippen LogP contribution is -2.19. The molecule has 3 N–H and O–H groups in total. The summed E-state index contributed by atoms with van der Waals surface area (Å²) >= 11 is 1.90. The van der Waals surface area contributed by atoms with Crippen LogP contribution in [0.3, 0.4) is 0 Å². The molecule has 5 heteroatoms. The summed E-state index contributed by atoms with van der Waals surface area (Å²) in [4.78, 5) is 7.90. The zero-order chi connectivity index (χ0) is 10.4. The van der Waals surface area contributed by atoms with Gasteiger partial charge in [0.25, 0.3) is 0 Å². The van der Waals surface area contributed by atoms with E-state index in [4.69, 9.17) is 5.73 Å². The first-order chi connectivity index (χ1) is 6.72. The van der Waals surface area contributed by atoms with Crippen LogP contribution in [0.15, 0.2) is 12.3 Å². The monoisotopic (exact) mass is 212 g/mol. The predicted molar refractivity (Wildman–Crippen MR) is 62.5 cm³/mol. The Morgan fingerprint density at radius 2 is 2.43 bits per heavy atom. The van der Waals surface area contributed by atoms with E-state index >= 15 is 0 Å². The van der Waals surface area contributed by atoms with Crippen LogP contribution < -0.4 is 11.1 Å². The molecular formula is C9H16N4S. The molecular weight excluding hydrogens is 196 g/mol. The standard InChI is InChI=1S/C9H16N4S/c1-3-14-6-7(2)12-8-4-5-11-9(10)13-8/h4-5,7H,3,6H2,1-2H3,(H3,10,11,12,13). The van der Waals surface area contributed by atoms with E-state index in [-0.39, 0.29) is 0 Å². The lowest BCUT2D eigenvalue weighted by Gasteiger charge is -2.13. The van der Waals surface area contributed by atoms with Crippen molar-refractivity contribution in [1.82, 2.24) is 9.97 Å². The van der Waals surface area contributed by atoms with Gasteiger partial charge in [0.05, 0.1) is 0 Å². The van der Waals surface area contributed by atoms with Gasteiger partial charge in [-0.05, 0) is 18.7 Å². The molecule has 1 unspecified atom stereocenters. The summed E-state index contributed by atoms with van der Waals surface area (Å²) in [5.41, 5.74) is 5.47. The van der Waals surface area contributed by atoms with Crippen LogP contribution in [0.25, 0.3) is 0 Å². The van der Waals surface area contributed by atoms with E-state index in [1.165, 1.54) is 0 Å². The molecule has 1 atom stereocenters. The molecule has 14 heavy (non-hydrogen) atoms. The van der Waals surface area contributed by atoms with E-state index in [1.54, 1.807) is 6.20 Å².